The lowest BCUT2D eigenvalue weighted by Crippen LogP contribution is -2.01. The van der Waals surface area contributed by atoms with Crippen LogP contribution in [0.3, 0.4) is 0 Å². The van der Waals surface area contributed by atoms with Crippen molar-refractivity contribution in [2.45, 2.75) is 25.0 Å². The Balaban J connectivity index is 2.40. The van der Waals surface area contributed by atoms with E-state index in [9.17, 15) is 0 Å². The summed E-state index contributed by atoms with van der Waals surface area (Å²) in [6.45, 7) is 3.83. The molecule has 1 aromatic rings. The maximum atomic E-state index is 4.98. The van der Waals surface area contributed by atoms with E-state index in [-0.39, 0.29) is 0 Å². The monoisotopic (exact) mass is 201 g/mol. The van der Waals surface area contributed by atoms with Crippen molar-refractivity contribution >= 4 is 11.8 Å². The maximum Gasteiger partial charge on any atom is 0.190 e. The molecule has 5 heteroatoms. The van der Waals surface area contributed by atoms with E-state index >= 15 is 0 Å². The van der Waals surface area contributed by atoms with Crippen LogP contribution in [0.4, 0.5) is 0 Å². The van der Waals surface area contributed by atoms with Crippen molar-refractivity contribution in [3.05, 3.63) is 6.33 Å². The number of hydrogen-bond acceptors (Lipinski definition) is 4. The first-order chi connectivity index (χ1) is 6.38. The van der Waals surface area contributed by atoms with Gasteiger partial charge in [-0.05, 0) is 12.2 Å². The minimum absolute atomic E-state index is 0.786. The van der Waals surface area contributed by atoms with Crippen LogP contribution < -0.4 is 0 Å². The van der Waals surface area contributed by atoms with Crippen molar-refractivity contribution < 1.29 is 4.74 Å². The number of aromatic nitrogens is 3. The molecular formula is C8H15N3OS. The molecule has 4 nitrogen and oxygen atoms in total. The molecule has 0 unspecified atom stereocenters. The van der Waals surface area contributed by atoms with Gasteiger partial charge in [-0.3, -0.25) is 0 Å². The topological polar surface area (TPSA) is 39.9 Å². The van der Waals surface area contributed by atoms with E-state index in [1.54, 1.807) is 25.2 Å². The smallest absolute Gasteiger partial charge is 0.190 e. The Morgan fingerprint density at radius 2 is 2.46 bits per heavy atom. The van der Waals surface area contributed by atoms with Crippen LogP contribution in [0.1, 0.15) is 13.3 Å². The fourth-order valence-electron chi connectivity index (χ4n) is 1.02. The van der Waals surface area contributed by atoms with Gasteiger partial charge < -0.3 is 9.30 Å². The molecule has 0 amide bonds. The van der Waals surface area contributed by atoms with E-state index in [4.69, 9.17) is 4.74 Å². The standard InChI is InChI=1S/C8H15N3OS/c1-3-13-8-10-9-7-11(8)5-4-6-12-2/h7H,3-6H2,1-2H3. The summed E-state index contributed by atoms with van der Waals surface area (Å²) in [5, 5.41) is 8.89. The molecular weight excluding hydrogens is 186 g/mol. The quantitative estimate of drug-likeness (QED) is 0.515. The molecule has 74 valence electrons. The lowest BCUT2D eigenvalue weighted by Gasteiger charge is -2.03. The van der Waals surface area contributed by atoms with Crippen molar-refractivity contribution in [2.24, 2.45) is 0 Å². The Morgan fingerprint density at radius 1 is 1.62 bits per heavy atom. The van der Waals surface area contributed by atoms with Crippen LogP contribution in [0.5, 0.6) is 0 Å². The van der Waals surface area contributed by atoms with Crippen LogP contribution in [0, 0.1) is 0 Å². The molecule has 0 aromatic carbocycles. The zero-order chi connectivity index (χ0) is 9.52. The highest BCUT2D eigenvalue weighted by molar-refractivity contribution is 7.99. The summed E-state index contributed by atoms with van der Waals surface area (Å²) in [7, 11) is 1.72. The number of aryl methyl sites for hydroxylation is 1. The van der Waals surface area contributed by atoms with Gasteiger partial charge in [0.05, 0.1) is 0 Å². The summed E-state index contributed by atoms with van der Waals surface area (Å²) < 4.78 is 7.04. The van der Waals surface area contributed by atoms with Gasteiger partial charge in [-0.15, -0.1) is 10.2 Å². The van der Waals surface area contributed by atoms with E-state index < -0.39 is 0 Å². The van der Waals surface area contributed by atoms with Crippen LogP contribution in [0.15, 0.2) is 11.5 Å². The van der Waals surface area contributed by atoms with E-state index in [1.165, 1.54) is 0 Å². The third kappa shape index (κ3) is 3.36. The molecule has 0 radical (unpaired) electrons. The van der Waals surface area contributed by atoms with E-state index in [1.807, 2.05) is 0 Å². The molecule has 0 aliphatic rings. The molecule has 0 bridgehead atoms. The SMILES string of the molecule is CCSc1nncn1CCCOC. The van der Waals surface area contributed by atoms with Crippen molar-refractivity contribution in [3.8, 4) is 0 Å². The molecule has 0 saturated carbocycles. The molecule has 1 heterocycles. The van der Waals surface area contributed by atoms with Crippen molar-refractivity contribution in [1.82, 2.24) is 14.8 Å². The van der Waals surface area contributed by atoms with Gasteiger partial charge in [-0.2, -0.15) is 0 Å². The lowest BCUT2D eigenvalue weighted by atomic mass is 10.4. The molecule has 0 fully saturated rings. The molecule has 0 aliphatic heterocycles. The number of thioether (sulfide) groups is 1. The van der Waals surface area contributed by atoms with Gasteiger partial charge in [0.1, 0.15) is 6.33 Å². The number of rotatable bonds is 6. The van der Waals surface area contributed by atoms with Crippen LogP contribution in [-0.2, 0) is 11.3 Å². The summed E-state index contributed by atoms with van der Waals surface area (Å²) in [6.07, 6.45) is 2.78. The van der Waals surface area contributed by atoms with Crippen LogP contribution in [0.2, 0.25) is 0 Å². The molecule has 13 heavy (non-hydrogen) atoms. The summed E-state index contributed by atoms with van der Waals surface area (Å²) in [5.41, 5.74) is 0. The van der Waals surface area contributed by atoms with Crippen LogP contribution >= 0.6 is 11.8 Å². The average molecular weight is 201 g/mol. The molecule has 0 aliphatic carbocycles. The normalized spacial score (nSPS) is 10.6. The van der Waals surface area contributed by atoms with Crippen LogP contribution in [-0.4, -0.2) is 34.2 Å². The summed E-state index contributed by atoms with van der Waals surface area (Å²) in [5.74, 6) is 1.03. The Bertz CT molecular complexity index is 239. The molecule has 0 saturated heterocycles. The fourth-order valence-corrected chi connectivity index (χ4v) is 1.69. The van der Waals surface area contributed by atoms with Gasteiger partial charge in [0.15, 0.2) is 5.16 Å². The second kappa shape index (κ2) is 5.99. The average Bonchev–Trinajstić information content (AvgIpc) is 2.54. The molecule has 0 N–H and O–H groups in total. The second-order valence-electron chi connectivity index (χ2n) is 2.59. The Hall–Kier alpha value is -0.550. The first kappa shape index (κ1) is 10.5. The van der Waals surface area contributed by atoms with Gasteiger partial charge in [-0.1, -0.05) is 18.7 Å². The first-order valence-corrected chi connectivity index (χ1v) is 5.36. The van der Waals surface area contributed by atoms with Crippen molar-refractivity contribution in [3.63, 3.8) is 0 Å². The van der Waals surface area contributed by atoms with Crippen molar-refractivity contribution in [1.29, 1.82) is 0 Å². The van der Waals surface area contributed by atoms with Gasteiger partial charge in [0.25, 0.3) is 0 Å². The van der Waals surface area contributed by atoms with E-state index in [0.717, 1.165) is 30.5 Å². The largest absolute Gasteiger partial charge is 0.385 e. The zero-order valence-corrected chi connectivity index (χ0v) is 8.88. The number of hydrogen-bond donors (Lipinski definition) is 0. The van der Waals surface area contributed by atoms with E-state index in [0.29, 0.717) is 0 Å². The minimum atomic E-state index is 0.786. The Morgan fingerprint density at radius 3 is 3.15 bits per heavy atom. The highest BCUT2D eigenvalue weighted by Gasteiger charge is 2.02. The third-order valence-corrected chi connectivity index (χ3v) is 2.46. The van der Waals surface area contributed by atoms with Gasteiger partial charge >= 0.3 is 0 Å². The minimum Gasteiger partial charge on any atom is -0.385 e. The maximum absolute atomic E-state index is 4.98. The van der Waals surface area contributed by atoms with Crippen molar-refractivity contribution in [2.75, 3.05) is 19.5 Å². The summed E-state index contributed by atoms with van der Waals surface area (Å²) in [4.78, 5) is 0. The number of nitrogens with zero attached hydrogens (tertiary/aromatic N) is 3. The van der Waals surface area contributed by atoms with Gasteiger partial charge in [0.2, 0.25) is 0 Å². The zero-order valence-electron chi connectivity index (χ0n) is 8.06. The Kier molecular flexibility index (Phi) is 4.85. The predicted octanol–water partition coefficient (Wildman–Crippen LogP) is 1.43. The summed E-state index contributed by atoms with van der Waals surface area (Å²) >= 11 is 1.72. The number of methoxy groups -OCH3 is 1. The fraction of sp³-hybridized carbons (Fsp3) is 0.750. The predicted molar refractivity (Wildman–Crippen MR) is 52.9 cm³/mol. The Labute approximate surface area is 82.7 Å². The number of ether oxygens (including phenoxy) is 1. The highest BCUT2D eigenvalue weighted by atomic mass is 32.2. The van der Waals surface area contributed by atoms with E-state index in [2.05, 4.69) is 21.7 Å². The molecule has 0 atom stereocenters. The lowest BCUT2D eigenvalue weighted by molar-refractivity contribution is 0.189. The highest BCUT2D eigenvalue weighted by Crippen LogP contribution is 2.13. The molecule has 1 aromatic heterocycles. The summed E-state index contributed by atoms with van der Waals surface area (Å²) in [6, 6.07) is 0. The first-order valence-electron chi connectivity index (χ1n) is 4.38. The van der Waals surface area contributed by atoms with Gasteiger partial charge in [0, 0.05) is 20.3 Å². The molecule has 1 rings (SSSR count). The molecule has 0 spiro atoms. The third-order valence-electron chi connectivity index (χ3n) is 1.60. The van der Waals surface area contributed by atoms with Gasteiger partial charge in [-0.25, -0.2) is 0 Å². The second-order valence-corrected chi connectivity index (χ2v) is 3.82. The van der Waals surface area contributed by atoms with Crippen LogP contribution in [0.25, 0.3) is 0 Å².